The minimum absolute atomic E-state index is 0.0216. The molecule has 0 bridgehead atoms. The molecule has 1 aromatic carbocycles. The molecule has 2 aromatic heterocycles. The molecule has 0 radical (unpaired) electrons. The first-order chi connectivity index (χ1) is 19.1. The van der Waals surface area contributed by atoms with Gasteiger partial charge in [0.2, 0.25) is 5.91 Å². The van der Waals surface area contributed by atoms with Crippen LogP contribution in [0.15, 0.2) is 54.4 Å². The first-order valence-electron chi connectivity index (χ1n) is 13.2. The van der Waals surface area contributed by atoms with Gasteiger partial charge in [-0.05, 0) is 63.1 Å². The molecule has 2 N–H and O–H groups in total. The van der Waals surface area contributed by atoms with Crippen LogP contribution in [-0.4, -0.2) is 45.4 Å². The van der Waals surface area contributed by atoms with Crippen LogP contribution < -0.4 is 10.6 Å². The molecule has 1 fully saturated rings. The average Bonchev–Trinajstić information content (AvgIpc) is 3.38. The highest BCUT2D eigenvalue weighted by molar-refractivity contribution is 6.04. The Morgan fingerprint density at radius 2 is 1.85 bits per heavy atom. The van der Waals surface area contributed by atoms with E-state index >= 15 is 0 Å². The first kappa shape index (κ1) is 26.1. The van der Waals surface area contributed by atoms with Crippen molar-refractivity contribution in [2.24, 2.45) is 0 Å². The summed E-state index contributed by atoms with van der Waals surface area (Å²) in [6, 6.07) is 8.65. The molecule has 1 saturated heterocycles. The van der Waals surface area contributed by atoms with Crippen LogP contribution in [0.25, 0.3) is 11.3 Å². The summed E-state index contributed by atoms with van der Waals surface area (Å²) in [7, 11) is 0. The molecule has 0 saturated carbocycles. The number of ether oxygens (including phenoxy) is 1. The van der Waals surface area contributed by atoms with E-state index in [0.717, 1.165) is 23.4 Å². The van der Waals surface area contributed by atoms with Crippen LogP contribution in [0, 0.1) is 11.6 Å². The fourth-order valence-electron chi connectivity index (χ4n) is 6.14. The Bertz CT molecular complexity index is 1550. The monoisotopic (exact) mass is 545 g/mol. The molecule has 10 heteroatoms. The number of benzene rings is 1. The van der Waals surface area contributed by atoms with Gasteiger partial charge in [-0.15, -0.1) is 0 Å². The number of carbonyl (C=O) groups excluding carboxylic acids is 2. The zero-order chi connectivity index (χ0) is 28.2. The molecule has 1 atom stereocenters. The largest absolute Gasteiger partial charge is 0.377 e. The third-order valence-electron chi connectivity index (χ3n) is 7.91. The summed E-state index contributed by atoms with van der Waals surface area (Å²) in [4.78, 5) is 37.2. The van der Waals surface area contributed by atoms with Crippen molar-refractivity contribution >= 4 is 23.3 Å². The second-order valence-electron chi connectivity index (χ2n) is 11.2. The third kappa shape index (κ3) is 4.23. The number of hydrogen-bond acceptors (Lipinski definition) is 6. The van der Waals surface area contributed by atoms with Crippen molar-refractivity contribution in [1.82, 2.24) is 20.2 Å². The number of nitrogens with one attached hydrogen (secondary N) is 2. The van der Waals surface area contributed by atoms with Crippen molar-refractivity contribution in [3.8, 4) is 11.3 Å². The quantitative estimate of drug-likeness (QED) is 0.470. The van der Waals surface area contributed by atoms with Gasteiger partial charge in [-0.2, -0.15) is 0 Å². The maximum absolute atomic E-state index is 14.5. The number of halogens is 2. The van der Waals surface area contributed by atoms with Crippen molar-refractivity contribution < 1.29 is 23.1 Å². The molecule has 206 valence electrons. The van der Waals surface area contributed by atoms with Gasteiger partial charge in [-0.25, -0.2) is 18.7 Å². The van der Waals surface area contributed by atoms with Gasteiger partial charge in [-0.1, -0.05) is 12.1 Å². The highest BCUT2D eigenvalue weighted by atomic mass is 19.1. The molecule has 1 unspecified atom stereocenters. The number of nitrogens with zero attached hydrogens (tertiary/aromatic N) is 3. The summed E-state index contributed by atoms with van der Waals surface area (Å²) in [5.41, 5.74) is 1.43. The van der Waals surface area contributed by atoms with E-state index in [2.05, 4.69) is 34.4 Å². The van der Waals surface area contributed by atoms with Crippen LogP contribution in [0.1, 0.15) is 55.2 Å². The van der Waals surface area contributed by atoms with Gasteiger partial charge >= 0.3 is 0 Å². The maximum atomic E-state index is 14.5. The SMILES string of the molecule is CC1(c2ccc(Nc3cc(-c4c(F)cccc4F)nc4c3C(=O)NC4)nc2)CC(C)(C)N(C2=CCOCC2)C1=O. The predicted octanol–water partition coefficient (Wildman–Crippen LogP) is 4.98. The number of anilines is 2. The Morgan fingerprint density at radius 3 is 2.52 bits per heavy atom. The van der Waals surface area contributed by atoms with E-state index in [0.29, 0.717) is 48.8 Å². The van der Waals surface area contributed by atoms with Crippen molar-refractivity contribution in [3.63, 3.8) is 0 Å². The molecule has 6 rings (SSSR count). The molecule has 3 aliphatic rings. The fraction of sp³-hybridized carbons (Fsp3) is 0.333. The molecule has 8 nitrogen and oxygen atoms in total. The van der Waals surface area contributed by atoms with E-state index in [1.807, 2.05) is 24.0 Å². The van der Waals surface area contributed by atoms with E-state index < -0.39 is 17.0 Å². The van der Waals surface area contributed by atoms with Crippen molar-refractivity contribution in [3.05, 3.63) is 82.8 Å². The number of hydrogen-bond donors (Lipinski definition) is 2. The lowest BCUT2D eigenvalue weighted by Gasteiger charge is -2.34. The third-order valence-corrected chi connectivity index (χ3v) is 7.91. The number of likely N-dealkylation sites (tertiary alicyclic amines) is 1. The highest BCUT2D eigenvalue weighted by Crippen LogP contribution is 2.47. The highest BCUT2D eigenvalue weighted by Gasteiger charge is 2.54. The van der Waals surface area contributed by atoms with Crippen LogP contribution in [-0.2, 0) is 21.5 Å². The number of amides is 2. The van der Waals surface area contributed by atoms with Gasteiger partial charge in [0.15, 0.2) is 0 Å². The Morgan fingerprint density at radius 1 is 1.07 bits per heavy atom. The second-order valence-corrected chi connectivity index (χ2v) is 11.2. The molecular formula is C30H29F2N5O3. The Balaban J connectivity index is 1.32. The van der Waals surface area contributed by atoms with Gasteiger partial charge in [0.25, 0.3) is 5.91 Å². The van der Waals surface area contributed by atoms with Crippen LogP contribution >= 0.6 is 0 Å². The smallest absolute Gasteiger partial charge is 0.255 e. The van der Waals surface area contributed by atoms with Crippen molar-refractivity contribution in [2.45, 2.75) is 51.1 Å². The molecule has 2 amide bonds. The summed E-state index contributed by atoms with van der Waals surface area (Å²) in [5.74, 6) is -1.40. The lowest BCUT2D eigenvalue weighted by Crippen LogP contribution is -2.42. The zero-order valence-electron chi connectivity index (χ0n) is 22.5. The number of fused-ring (bicyclic) bond motifs is 1. The Labute approximate surface area is 230 Å². The van der Waals surface area contributed by atoms with Gasteiger partial charge < -0.3 is 20.3 Å². The normalized spacial score (nSPS) is 21.7. The van der Waals surface area contributed by atoms with Crippen molar-refractivity contribution in [1.29, 1.82) is 0 Å². The van der Waals surface area contributed by atoms with Crippen LogP contribution in [0.2, 0.25) is 0 Å². The number of pyridine rings is 2. The molecule has 5 heterocycles. The van der Waals surface area contributed by atoms with E-state index in [1.54, 1.807) is 12.3 Å². The second kappa shape index (κ2) is 9.48. The minimum atomic E-state index is -0.776. The van der Waals surface area contributed by atoms with E-state index in [1.165, 1.54) is 12.1 Å². The molecular weight excluding hydrogens is 516 g/mol. The van der Waals surface area contributed by atoms with Gasteiger partial charge in [0, 0.05) is 23.9 Å². The maximum Gasteiger partial charge on any atom is 0.255 e. The van der Waals surface area contributed by atoms with Gasteiger partial charge in [0.05, 0.1) is 53.4 Å². The molecule has 3 aliphatic heterocycles. The molecule has 0 aliphatic carbocycles. The van der Waals surface area contributed by atoms with Crippen LogP contribution in [0.3, 0.4) is 0 Å². The fourth-order valence-corrected chi connectivity index (χ4v) is 6.14. The van der Waals surface area contributed by atoms with E-state index in [4.69, 9.17) is 4.74 Å². The topological polar surface area (TPSA) is 96.4 Å². The summed E-state index contributed by atoms with van der Waals surface area (Å²) in [6.45, 7) is 7.31. The lowest BCUT2D eigenvalue weighted by molar-refractivity contribution is -0.132. The molecule has 40 heavy (non-hydrogen) atoms. The summed E-state index contributed by atoms with van der Waals surface area (Å²) < 4.78 is 34.5. The summed E-state index contributed by atoms with van der Waals surface area (Å²) in [5, 5.41) is 5.84. The Hall–Kier alpha value is -4.18. The van der Waals surface area contributed by atoms with Gasteiger partial charge in [-0.3, -0.25) is 9.59 Å². The van der Waals surface area contributed by atoms with Crippen molar-refractivity contribution in [2.75, 3.05) is 18.5 Å². The first-order valence-corrected chi connectivity index (χ1v) is 13.2. The molecule has 3 aromatic rings. The number of rotatable bonds is 5. The summed E-state index contributed by atoms with van der Waals surface area (Å²) >= 11 is 0. The van der Waals surface area contributed by atoms with E-state index in [-0.39, 0.29) is 35.2 Å². The van der Waals surface area contributed by atoms with E-state index in [9.17, 15) is 18.4 Å². The van der Waals surface area contributed by atoms with Crippen LogP contribution in [0.4, 0.5) is 20.3 Å². The lowest BCUT2D eigenvalue weighted by atomic mass is 9.78. The predicted molar refractivity (Wildman–Crippen MR) is 145 cm³/mol. The van der Waals surface area contributed by atoms with Crippen LogP contribution in [0.5, 0.6) is 0 Å². The number of aromatic nitrogens is 2. The Kier molecular flexibility index (Phi) is 6.18. The van der Waals surface area contributed by atoms with Gasteiger partial charge in [0.1, 0.15) is 17.5 Å². The average molecular weight is 546 g/mol. The number of carbonyl (C=O) groups is 2. The standard InChI is InChI=1S/C30H29F2N5O3/c1-29(2)16-30(3,28(39)37(29)18-9-11-40-12-10-18)17-7-8-24(33-14-17)36-22-13-21(25-19(31)5-4-6-20(25)32)35-23-15-34-27(38)26(22)23/h4-9,13-14H,10-12,15-16H2,1-3H3,(H,34,38)(H,33,35,36). The summed E-state index contributed by atoms with van der Waals surface area (Å²) in [6.07, 6.45) is 4.94. The zero-order valence-corrected chi connectivity index (χ0v) is 22.5. The molecule has 0 spiro atoms. The minimum Gasteiger partial charge on any atom is -0.377 e.